The van der Waals surface area contributed by atoms with Crippen LogP contribution in [0.25, 0.3) is 0 Å². The predicted molar refractivity (Wildman–Crippen MR) is 113 cm³/mol. The first-order chi connectivity index (χ1) is 15.1. The number of carbonyl (C=O) groups excluding carboxylic acids is 1. The van der Waals surface area contributed by atoms with Gasteiger partial charge < -0.3 is 24.4 Å². The second kappa shape index (κ2) is 9.62. The van der Waals surface area contributed by atoms with Gasteiger partial charge in [-0.05, 0) is 37.6 Å². The largest absolute Gasteiger partial charge is 0.463 e. The van der Waals surface area contributed by atoms with Crippen molar-refractivity contribution in [3.8, 4) is 0 Å². The Labute approximate surface area is 190 Å². The highest BCUT2D eigenvalue weighted by Gasteiger charge is 2.49. The second-order valence-electron chi connectivity index (χ2n) is 7.82. The van der Waals surface area contributed by atoms with E-state index in [1.165, 1.54) is 12.1 Å². The van der Waals surface area contributed by atoms with Gasteiger partial charge in [-0.1, -0.05) is 11.6 Å². The summed E-state index contributed by atoms with van der Waals surface area (Å²) < 4.78 is 58.4. The Morgan fingerprint density at radius 3 is 2.53 bits per heavy atom. The van der Waals surface area contributed by atoms with Crippen molar-refractivity contribution in [1.29, 1.82) is 0 Å². The molecule has 178 valence electrons. The molecule has 2 aliphatic rings. The minimum atomic E-state index is -4.19. The maximum atomic E-state index is 13.3. The van der Waals surface area contributed by atoms with Gasteiger partial charge in [0.1, 0.15) is 11.1 Å². The monoisotopic (exact) mass is 493 g/mol. The van der Waals surface area contributed by atoms with Crippen LogP contribution in [0.3, 0.4) is 0 Å². The van der Waals surface area contributed by atoms with Gasteiger partial charge in [0.25, 0.3) is 0 Å². The normalized spacial score (nSPS) is 22.3. The van der Waals surface area contributed by atoms with Gasteiger partial charge in [0.05, 0.1) is 54.7 Å². The van der Waals surface area contributed by atoms with Crippen molar-refractivity contribution >= 4 is 33.3 Å². The number of nitrogens with one attached hydrogen (secondary N) is 1. The summed E-state index contributed by atoms with van der Waals surface area (Å²) in [6, 6.07) is 3.21. The Bertz CT molecular complexity index is 985. The van der Waals surface area contributed by atoms with E-state index in [1.807, 2.05) is 0 Å². The molecule has 1 fully saturated rings. The van der Waals surface area contributed by atoms with Gasteiger partial charge in [-0.25, -0.2) is 17.6 Å². The van der Waals surface area contributed by atoms with Gasteiger partial charge in [-0.2, -0.15) is 0 Å². The lowest BCUT2D eigenvalue weighted by atomic mass is 9.88. The summed E-state index contributed by atoms with van der Waals surface area (Å²) in [5.41, 5.74) is -1.20. The zero-order valence-corrected chi connectivity index (χ0v) is 18.9. The predicted octanol–water partition coefficient (Wildman–Crippen LogP) is 1.59. The summed E-state index contributed by atoms with van der Waals surface area (Å²) in [6.45, 7) is 0.774. The number of anilines is 1. The fourth-order valence-corrected chi connectivity index (χ4v) is 5.33. The van der Waals surface area contributed by atoms with E-state index in [9.17, 15) is 27.8 Å². The molecule has 0 bridgehead atoms. The Kier molecular flexibility index (Phi) is 7.48. The standard InChI is InChI=1S/C20H25ClFNO8S/c1-2-29-18(26)14-8-20(30-11-19(9-24,10-25)12-31-20)6-5-17(14)32(27,28)23-16-4-3-13(22)7-15(16)21/h3-4,7-8,17,23-25H,2,5-6,9-12H2,1H3. The van der Waals surface area contributed by atoms with Gasteiger partial charge in [-0.3, -0.25) is 4.72 Å². The number of ether oxygens (including phenoxy) is 3. The molecule has 1 unspecified atom stereocenters. The molecule has 1 saturated heterocycles. The van der Waals surface area contributed by atoms with E-state index >= 15 is 0 Å². The third-order valence-corrected chi connectivity index (χ3v) is 7.52. The Morgan fingerprint density at radius 2 is 1.97 bits per heavy atom. The molecule has 1 atom stereocenters. The number of sulfonamides is 1. The molecule has 1 spiro atoms. The van der Waals surface area contributed by atoms with E-state index in [0.717, 1.165) is 12.1 Å². The highest BCUT2D eigenvalue weighted by atomic mass is 35.5. The number of halogens is 2. The van der Waals surface area contributed by atoms with Crippen LogP contribution in [-0.2, 0) is 29.0 Å². The second-order valence-corrected chi connectivity index (χ2v) is 10.1. The maximum absolute atomic E-state index is 13.3. The lowest BCUT2D eigenvalue weighted by molar-refractivity contribution is -0.292. The first-order valence-electron chi connectivity index (χ1n) is 9.95. The molecule has 1 aromatic rings. The summed E-state index contributed by atoms with van der Waals surface area (Å²) in [7, 11) is -4.19. The fourth-order valence-electron chi connectivity index (χ4n) is 3.51. The third-order valence-electron chi connectivity index (χ3n) is 5.46. The van der Waals surface area contributed by atoms with E-state index < -0.39 is 38.3 Å². The van der Waals surface area contributed by atoms with Crippen LogP contribution in [0, 0.1) is 11.2 Å². The zero-order valence-electron chi connectivity index (χ0n) is 17.3. The van der Waals surface area contributed by atoms with Crippen LogP contribution < -0.4 is 4.72 Å². The molecule has 1 aliphatic heterocycles. The molecule has 0 aromatic heterocycles. The minimum absolute atomic E-state index is 0.0208. The summed E-state index contributed by atoms with van der Waals surface area (Å²) >= 11 is 5.94. The van der Waals surface area contributed by atoms with Crippen molar-refractivity contribution in [3.05, 3.63) is 40.7 Å². The van der Waals surface area contributed by atoms with Crippen LogP contribution in [0.2, 0.25) is 5.02 Å². The number of esters is 1. The first-order valence-corrected chi connectivity index (χ1v) is 11.9. The van der Waals surface area contributed by atoms with Crippen molar-refractivity contribution in [2.75, 3.05) is 37.8 Å². The first kappa shape index (κ1) is 24.9. The number of hydrogen-bond donors (Lipinski definition) is 3. The quantitative estimate of drug-likeness (QED) is 0.488. The number of aliphatic hydroxyl groups excluding tert-OH is 2. The fraction of sp³-hybridized carbons (Fsp3) is 0.550. The van der Waals surface area contributed by atoms with Crippen molar-refractivity contribution in [3.63, 3.8) is 0 Å². The smallest absolute Gasteiger partial charge is 0.335 e. The molecule has 12 heteroatoms. The van der Waals surface area contributed by atoms with E-state index in [4.69, 9.17) is 25.8 Å². The number of rotatable bonds is 7. The van der Waals surface area contributed by atoms with Crippen LogP contribution in [0.5, 0.6) is 0 Å². The highest BCUT2D eigenvalue weighted by Crippen LogP contribution is 2.40. The topological polar surface area (TPSA) is 131 Å². The minimum Gasteiger partial charge on any atom is -0.463 e. The molecule has 9 nitrogen and oxygen atoms in total. The molecule has 1 heterocycles. The molecule has 0 radical (unpaired) electrons. The van der Waals surface area contributed by atoms with Crippen molar-refractivity contribution < 1.29 is 42.0 Å². The maximum Gasteiger partial charge on any atom is 0.335 e. The van der Waals surface area contributed by atoms with Gasteiger partial charge in [0.2, 0.25) is 10.0 Å². The highest BCUT2D eigenvalue weighted by molar-refractivity contribution is 7.93. The van der Waals surface area contributed by atoms with E-state index in [0.29, 0.717) is 0 Å². The average Bonchev–Trinajstić information content (AvgIpc) is 2.77. The molecule has 0 amide bonds. The summed E-state index contributed by atoms with van der Waals surface area (Å²) in [6.07, 6.45) is 1.32. The van der Waals surface area contributed by atoms with Crippen LogP contribution in [0.1, 0.15) is 19.8 Å². The number of carbonyl (C=O) groups is 1. The zero-order chi connectivity index (χ0) is 23.6. The average molecular weight is 494 g/mol. The van der Waals surface area contributed by atoms with Crippen LogP contribution in [-0.4, -0.2) is 68.7 Å². The summed E-state index contributed by atoms with van der Waals surface area (Å²) in [4.78, 5) is 12.6. The number of hydrogen-bond acceptors (Lipinski definition) is 8. The summed E-state index contributed by atoms with van der Waals surface area (Å²) in [5.74, 6) is -2.87. The van der Waals surface area contributed by atoms with Crippen molar-refractivity contribution in [2.24, 2.45) is 5.41 Å². The van der Waals surface area contributed by atoms with Gasteiger partial charge in [0, 0.05) is 6.42 Å². The lowest BCUT2D eigenvalue weighted by Gasteiger charge is -2.45. The molecule has 1 aliphatic carbocycles. The Balaban J connectivity index is 1.91. The number of aliphatic hydroxyl groups is 2. The van der Waals surface area contributed by atoms with E-state index in [1.54, 1.807) is 6.92 Å². The Hall–Kier alpha value is -1.76. The summed E-state index contributed by atoms with van der Waals surface area (Å²) in [5, 5.41) is 17.6. The van der Waals surface area contributed by atoms with Gasteiger partial charge >= 0.3 is 5.97 Å². The Morgan fingerprint density at radius 1 is 1.31 bits per heavy atom. The molecule has 32 heavy (non-hydrogen) atoms. The van der Waals surface area contributed by atoms with Crippen LogP contribution >= 0.6 is 11.6 Å². The molecular weight excluding hydrogens is 469 g/mol. The van der Waals surface area contributed by atoms with Crippen LogP contribution in [0.4, 0.5) is 10.1 Å². The molecule has 3 N–H and O–H groups in total. The lowest BCUT2D eigenvalue weighted by Crippen LogP contribution is -2.54. The number of benzene rings is 1. The molecular formula is C20H25ClFNO8S. The van der Waals surface area contributed by atoms with Gasteiger partial charge in [0.15, 0.2) is 5.79 Å². The van der Waals surface area contributed by atoms with Crippen LogP contribution in [0.15, 0.2) is 29.8 Å². The van der Waals surface area contributed by atoms with E-state index in [-0.39, 0.29) is 62.2 Å². The third kappa shape index (κ3) is 5.08. The van der Waals surface area contributed by atoms with Crippen molar-refractivity contribution in [2.45, 2.75) is 30.8 Å². The molecule has 3 rings (SSSR count). The van der Waals surface area contributed by atoms with Crippen molar-refractivity contribution in [1.82, 2.24) is 0 Å². The molecule has 1 aromatic carbocycles. The van der Waals surface area contributed by atoms with E-state index in [2.05, 4.69) is 4.72 Å². The van der Waals surface area contributed by atoms with Gasteiger partial charge in [-0.15, -0.1) is 0 Å². The SMILES string of the molecule is CCOC(=O)C1=CC2(CCC1S(=O)(=O)Nc1ccc(F)cc1Cl)OCC(CO)(CO)CO2. The molecule has 0 saturated carbocycles.